The summed E-state index contributed by atoms with van der Waals surface area (Å²) in [5.41, 5.74) is 0. The van der Waals surface area contributed by atoms with Gasteiger partial charge in [-0.2, -0.15) is 4.31 Å². The van der Waals surface area contributed by atoms with Crippen molar-refractivity contribution in [2.45, 2.75) is 42.7 Å². The number of hydrogen-bond acceptors (Lipinski definition) is 4. The summed E-state index contributed by atoms with van der Waals surface area (Å²) in [5, 5.41) is 14.2. The molecular weight excluding hydrogens is 390 g/mol. The Balaban J connectivity index is 1.48. The van der Waals surface area contributed by atoms with Crippen LogP contribution in [0.4, 0.5) is 4.79 Å². The second-order valence-corrected chi connectivity index (χ2v) is 9.75. The van der Waals surface area contributed by atoms with Crippen LogP contribution in [0.25, 0.3) is 10.8 Å². The van der Waals surface area contributed by atoms with Crippen LogP contribution < -0.4 is 5.32 Å². The highest BCUT2D eigenvalue weighted by Crippen LogP contribution is 2.27. The van der Waals surface area contributed by atoms with Crippen LogP contribution in [0.3, 0.4) is 0 Å². The summed E-state index contributed by atoms with van der Waals surface area (Å²) in [5.74, 6) is 0. The first-order valence-corrected chi connectivity index (χ1v) is 11.6. The zero-order chi connectivity index (χ0) is 20.4. The monoisotopic (exact) mass is 417 g/mol. The minimum atomic E-state index is -3.65. The first-order valence-electron chi connectivity index (χ1n) is 10.2. The van der Waals surface area contributed by atoms with Gasteiger partial charge in [0.25, 0.3) is 0 Å². The number of likely N-dealkylation sites (tertiary alicyclic amines) is 1. The van der Waals surface area contributed by atoms with Gasteiger partial charge in [-0.3, -0.25) is 0 Å². The predicted octanol–water partition coefficient (Wildman–Crippen LogP) is 2.16. The lowest BCUT2D eigenvalue weighted by atomic mass is 10.1. The van der Waals surface area contributed by atoms with Crippen LogP contribution in [0.5, 0.6) is 0 Å². The van der Waals surface area contributed by atoms with Crippen molar-refractivity contribution >= 4 is 26.8 Å². The minimum absolute atomic E-state index is 0.175. The molecule has 2 aromatic carbocycles. The standard InChI is InChI=1S/C21H27N3O4S/c25-18-10-13-23(14-11-18)21(26)22-17-7-4-12-24(15-17)29(27,28)20-9-3-6-16-5-1-2-8-19(16)20/h1-3,5-6,8-9,17-18,25H,4,7,10-15H2,(H,22,26)/t17-/m0/s1. The molecule has 8 heteroatoms. The van der Waals surface area contributed by atoms with Crippen molar-refractivity contribution < 1.29 is 18.3 Å². The zero-order valence-electron chi connectivity index (χ0n) is 16.3. The number of rotatable bonds is 3. The average Bonchev–Trinajstić information content (AvgIpc) is 2.74. The molecule has 1 atom stereocenters. The molecule has 2 aliphatic rings. The summed E-state index contributed by atoms with van der Waals surface area (Å²) < 4.78 is 28.2. The highest BCUT2D eigenvalue weighted by Gasteiger charge is 2.32. The van der Waals surface area contributed by atoms with E-state index in [1.807, 2.05) is 30.3 Å². The van der Waals surface area contributed by atoms with Crippen LogP contribution in [0.15, 0.2) is 47.4 Å². The Labute approximate surface area is 171 Å². The second-order valence-electron chi connectivity index (χ2n) is 7.85. The van der Waals surface area contributed by atoms with E-state index in [9.17, 15) is 18.3 Å². The number of fused-ring (bicyclic) bond motifs is 1. The van der Waals surface area contributed by atoms with Crippen molar-refractivity contribution in [3.8, 4) is 0 Å². The number of benzene rings is 2. The number of aliphatic hydroxyl groups is 1. The van der Waals surface area contributed by atoms with Gasteiger partial charge in [-0.1, -0.05) is 36.4 Å². The Hall–Kier alpha value is -2.16. The van der Waals surface area contributed by atoms with E-state index in [-0.39, 0.29) is 24.7 Å². The maximum Gasteiger partial charge on any atom is 0.317 e. The Morgan fingerprint density at radius 1 is 1.00 bits per heavy atom. The number of carbonyl (C=O) groups excluding carboxylic acids is 1. The molecule has 2 saturated heterocycles. The SMILES string of the molecule is O=C(N[C@H]1CCCN(S(=O)(=O)c2cccc3ccccc23)C1)N1CCC(O)CC1. The van der Waals surface area contributed by atoms with Gasteiger partial charge in [-0.25, -0.2) is 13.2 Å². The van der Waals surface area contributed by atoms with E-state index < -0.39 is 10.0 Å². The van der Waals surface area contributed by atoms with E-state index in [0.717, 1.165) is 11.8 Å². The summed E-state index contributed by atoms with van der Waals surface area (Å²) in [7, 11) is -3.65. The van der Waals surface area contributed by atoms with E-state index in [1.54, 1.807) is 17.0 Å². The number of piperidine rings is 2. The van der Waals surface area contributed by atoms with Crippen LogP contribution in [0.2, 0.25) is 0 Å². The van der Waals surface area contributed by atoms with Gasteiger partial charge in [0, 0.05) is 37.6 Å². The van der Waals surface area contributed by atoms with Crippen LogP contribution in [-0.2, 0) is 10.0 Å². The van der Waals surface area contributed by atoms with Crippen molar-refractivity contribution in [3.63, 3.8) is 0 Å². The highest BCUT2D eigenvalue weighted by atomic mass is 32.2. The number of sulfonamides is 1. The fourth-order valence-corrected chi connectivity index (χ4v) is 5.91. The lowest BCUT2D eigenvalue weighted by molar-refractivity contribution is 0.0920. The van der Waals surface area contributed by atoms with Gasteiger partial charge in [-0.15, -0.1) is 0 Å². The Morgan fingerprint density at radius 3 is 2.52 bits per heavy atom. The predicted molar refractivity (Wildman–Crippen MR) is 111 cm³/mol. The lowest BCUT2D eigenvalue weighted by Crippen LogP contribution is -2.54. The molecule has 156 valence electrons. The van der Waals surface area contributed by atoms with Gasteiger partial charge >= 0.3 is 6.03 Å². The number of aliphatic hydroxyl groups excluding tert-OH is 1. The number of urea groups is 1. The van der Waals surface area contributed by atoms with Crippen LogP contribution in [0, 0.1) is 0 Å². The molecule has 0 spiro atoms. The maximum absolute atomic E-state index is 13.3. The molecule has 0 unspecified atom stereocenters. The fourth-order valence-electron chi connectivity index (χ4n) is 4.17. The molecule has 2 heterocycles. The van der Waals surface area contributed by atoms with Crippen LogP contribution >= 0.6 is 0 Å². The Bertz CT molecular complexity index is 981. The van der Waals surface area contributed by atoms with Gasteiger partial charge in [-0.05, 0) is 37.1 Å². The van der Waals surface area contributed by atoms with Crippen molar-refractivity contribution in [2.75, 3.05) is 26.2 Å². The number of carbonyl (C=O) groups is 1. The third-order valence-electron chi connectivity index (χ3n) is 5.83. The van der Waals surface area contributed by atoms with Crippen molar-refractivity contribution in [2.24, 2.45) is 0 Å². The first kappa shape index (κ1) is 20.1. The third kappa shape index (κ3) is 4.24. The van der Waals surface area contributed by atoms with E-state index in [2.05, 4.69) is 5.32 Å². The second kappa shape index (κ2) is 8.30. The molecular formula is C21H27N3O4S. The van der Waals surface area contributed by atoms with Gasteiger partial charge in [0.2, 0.25) is 10.0 Å². The summed E-state index contributed by atoms with van der Waals surface area (Å²) in [6.45, 7) is 1.77. The molecule has 4 rings (SSSR count). The summed E-state index contributed by atoms with van der Waals surface area (Å²) in [6.07, 6.45) is 2.28. The Morgan fingerprint density at radius 2 is 1.72 bits per heavy atom. The number of nitrogens with zero attached hydrogens (tertiary/aromatic N) is 2. The summed E-state index contributed by atoms with van der Waals surface area (Å²) >= 11 is 0. The van der Waals surface area contributed by atoms with Gasteiger partial charge in [0.05, 0.1) is 11.0 Å². The minimum Gasteiger partial charge on any atom is -0.393 e. The molecule has 0 aliphatic carbocycles. The largest absolute Gasteiger partial charge is 0.393 e. The Kier molecular flexibility index (Phi) is 5.76. The van der Waals surface area contributed by atoms with Gasteiger partial charge in [0.1, 0.15) is 0 Å². The molecule has 0 bridgehead atoms. The number of amides is 2. The topological polar surface area (TPSA) is 90.0 Å². The molecule has 2 N–H and O–H groups in total. The molecule has 2 amide bonds. The van der Waals surface area contributed by atoms with E-state index >= 15 is 0 Å². The van der Waals surface area contributed by atoms with Crippen LogP contribution in [-0.4, -0.2) is 67.1 Å². The quantitative estimate of drug-likeness (QED) is 0.801. The third-order valence-corrected chi connectivity index (χ3v) is 7.75. The molecule has 7 nitrogen and oxygen atoms in total. The van der Waals surface area contributed by atoms with Gasteiger partial charge in [0.15, 0.2) is 0 Å². The molecule has 29 heavy (non-hydrogen) atoms. The van der Waals surface area contributed by atoms with E-state index in [0.29, 0.717) is 49.2 Å². The van der Waals surface area contributed by atoms with Crippen LogP contribution in [0.1, 0.15) is 25.7 Å². The molecule has 0 aromatic heterocycles. The average molecular weight is 418 g/mol. The fraction of sp³-hybridized carbons (Fsp3) is 0.476. The summed E-state index contributed by atoms with van der Waals surface area (Å²) in [6, 6.07) is 12.4. The van der Waals surface area contributed by atoms with Crippen molar-refractivity contribution in [3.05, 3.63) is 42.5 Å². The zero-order valence-corrected chi connectivity index (χ0v) is 17.1. The molecule has 0 radical (unpaired) electrons. The first-order chi connectivity index (χ1) is 13.9. The molecule has 2 aliphatic heterocycles. The normalized spacial score (nSPS) is 22.0. The van der Waals surface area contributed by atoms with Gasteiger partial charge < -0.3 is 15.3 Å². The number of hydrogen-bond donors (Lipinski definition) is 2. The molecule has 0 saturated carbocycles. The highest BCUT2D eigenvalue weighted by molar-refractivity contribution is 7.89. The smallest absolute Gasteiger partial charge is 0.317 e. The maximum atomic E-state index is 13.3. The van der Waals surface area contributed by atoms with Crippen molar-refractivity contribution in [1.29, 1.82) is 0 Å². The summed E-state index contributed by atoms with van der Waals surface area (Å²) in [4.78, 5) is 14.6. The van der Waals surface area contributed by atoms with Crippen molar-refractivity contribution in [1.82, 2.24) is 14.5 Å². The van der Waals surface area contributed by atoms with E-state index in [4.69, 9.17) is 0 Å². The molecule has 2 aromatic rings. The lowest BCUT2D eigenvalue weighted by Gasteiger charge is -2.35. The number of nitrogens with one attached hydrogen (secondary N) is 1. The van der Waals surface area contributed by atoms with E-state index in [1.165, 1.54) is 4.31 Å². The molecule has 2 fully saturated rings.